The molecule has 0 bridgehead atoms. The first-order valence-corrected chi connectivity index (χ1v) is 8.36. The number of nitrogens with zero attached hydrogens (tertiary/aromatic N) is 1. The molecule has 2 N–H and O–H groups in total. The maximum absolute atomic E-state index is 12.1. The van der Waals surface area contributed by atoms with Crippen LogP contribution in [0.3, 0.4) is 0 Å². The van der Waals surface area contributed by atoms with Gasteiger partial charge in [-0.05, 0) is 50.0 Å². The van der Waals surface area contributed by atoms with Crippen LogP contribution in [0.15, 0.2) is 53.0 Å². The molecular formula is C18H22BrN3O. The topological polar surface area (TPSA) is 44.4 Å². The zero-order chi connectivity index (χ0) is 16.7. The van der Waals surface area contributed by atoms with Crippen molar-refractivity contribution in [2.24, 2.45) is 0 Å². The van der Waals surface area contributed by atoms with E-state index in [9.17, 15) is 4.79 Å². The predicted octanol–water partition coefficient (Wildman–Crippen LogP) is 3.60. The van der Waals surface area contributed by atoms with Crippen LogP contribution >= 0.6 is 15.9 Å². The van der Waals surface area contributed by atoms with Crippen molar-refractivity contribution in [3.8, 4) is 0 Å². The van der Waals surface area contributed by atoms with Gasteiger partial charge in [-0.1, -0.05) is 34.1 Å². The van der Waals surface area contributed by atoms with Crippen LogP contribution in [-0.4, -0.2) is 38.0 Å². The predicted molar refractivity (Wildman–Crippen MR) is 100.0 cm³/mol. The Kier molecular flexibility index (Phi) is 6.62. The van der Waals surface area contributed by atoms with Gasteiger partial charge in [-0.25, -0.2) is 0 Å². The Labute approximate surface area is 146 Å². The van der Waals surface area contributed by atoms with Crippen molar-refractivity contribution >= 4 is 33.2 Å². The molecule has 2 rings (SSSR count). The summed E-state index contributed by atoms with van der Waals surface area (Å²) in [6.07, 6.45) is 0.351. The second-order valence-corrected chi connectivity index (χ2v) is 6.48. The Hall–Kier alpha value is -1.85. The number of hydrogen-bond donors (Lipinski definition) is 2. The van der Waals surface area contributed by atoms with Crippen molar-refractivity contribution in [3.63, 3.8) is 0 Å². The minimum Gasteiger partial charge on any atom is -0.384 e. The van der Waals surface area contributed by atoms with Gasteiger partial charge in [0, 0.05) is 28.9 Å². The Bertz CT molecular complexity index is 641. The molecule has 0 aliphatic carbocycles. The van der Waals surface area contributed by atoms with E-state index in [1.54, 1.807) is 0 Å². The van der Waals surface area contributed by atoms with Crippen LogP contribution in [-0.2, 0) is 11.2 Å². The standard InChI is InChI=1S/C18H22BrN3O/c1-22(2)12-11-20-15-7-9-16(10-8-15)21-18(23)13-14-5-3-4-6-17(14)19/h3-10,20H,11-13H2,1-2H3,(H,21,23). The van der Waals surface area contributed by atoms with Crippen LogP contribution in [0.1, 0.15) is 5.56 Å². The molecule has 4 nitrogen and oxygen atoms in total. The van der Waals surface area contributed by atoms with E-state index in [0.717, 1.165) is 34.5 Å². The smallest absolute Gasteiger partial charge is 0.228 e. The van der Waals surface area contributed by atoms with E-state index in [1.165, 1.54) is 0 Å². The van der Waals surface area contributed by atoms with Crippen molar-refractivity contribution in [1.29, 1.82) is 0 Å². The lowest BCUT2D eigenvalue weighted by atomic mass is 10.1. The Morgan fingerprint density at radius 1 is 1.04 bits per heavy atom. The van der Waals surface area contributed by atoms with Crippen molar-refractivity contribution in [2.75, 3.05) is 37.8 Å². The molecule has 0 unspecified atom stereocenters. The first kappa shape index (κ1) is 17.5. The second kappa shape index (κ2) is 8.70. The maximum atomic E-state index is 12.1. The molecule has 0 spiro atoms. The van der Waals surface area contributed by atoms with E-state index in [1.807, 2.05) is 62.6 Å². The molecule has 0 saturated carbocycles. The number of halogens is 1. The first-order valence-electron chi connectivity index (χ1n) is 7.56. The van der Waals surface area contributed by atoms with Gasteiger partial charge in [0.15, 0.2) is 0 Å². The molecule has 122 valence electrons. The molecule has 0 atom stereocenters. The molecule has 5 heteroatoms. The van der Waals surface area contributed by atoms with Crippen molar-refractivity contribution in [3.05, 3.63) is 58.6 Å². The maximum Gasteiger partial charge on any atom is 0.228 e. The monoisotopic (exact) mass is 375 g/mol. The molecule has 0 saturated heterocycles. The van der Waals surface area contributed by atoms with Gasteiger partial charge in [0.2, 0.25) is 5.91 Å². The molecule has 0 heterocycles. The number of benzene rings is 2. The average Bonchev–Trinajstić information content (AvgIpc) is 2.51. The first-order chi connectivity index (χ1) is 11.0. The molecule has 23 heavy (non-hydrogen) atoms. The summed E-state index contributed by atoms with van der Waals surface area (Å²) in [5.41, 5.74) is 2.84. The van der Waals surface area contributed by atoms with Gasteiger partial charge >= 0.3 is 0 Å². The van der Waals surface area contributed by atoms with Crippen LogP contribution in [0.5, 0.6) is 0 Å². The summed E-state index contributed by atoms with van der Waals surface area (Å²) in [4.78, 5) is 14.2. The van der Waals surface area contributed by atoms with Gasteiger partial charge in [0.1, 0.15) is 0 Å². The minimum absolute atomic E-state index is 0.0229. The van der Waals surface area contributed by atoms with Gasteiger partial charge in [-0.3, -0.25) is 4.79 Å². The zero-order valence-electron chi connectivity index (χ0n) is 13.5. The third-order valence-electron chi connectivity index (χ3n) is 3.37. The molecule has 2 aromatic carbocycles. The van der Waals surface area contributed by atoms with Crippen LogP contribution in [0.4, 0.5) is 11.4 Å². The summed E-state index contributed by atoms with van der Waals surface area (Å²) in [5, 5.41) is 6.27. The molecular weight excluding hydrogens is 354 g/mol. The van der Waals surface area contributed by atoms with Crippen LogP contribution in [0, 0.1) is 0 Å². The van der Waals surface area contributed by atoms with E-state index < -0.39 is 0 Å². The van der Waals surface area contributed by atoms with Gasteiger partial charge in [0.05, 0.1) is 6.42 Å². The summed E-state index contributed by atoms with van der Waals surface area (Å²) in [5.74, 6) is -0.0229. The van der Waals surface area contributed by atoms with Gasteiger partial charge < -0.3 is 15.5 Å². The van der Waals surface area contributed by atoms with E-state index in [-0.39, 0.29) is 5.91 Å². The molecule has 0 aliphatic heterocycles. The Balaban J connectivity index is 1.85. The number of rotatable bonds is 7. The zero-order valence-corrected chi connectivity index (χ0v) is 15.1. The highest BCUT2D eigenvalue weighted by Crippen LogP contribution is 2.18. The number of amides is 1. The minimum atomic E-state index is -0.0229. The fraction of sp³-hybridized carbons (Fsp3) is 0.278. The molecule has 1 amide bonds. The lowest BCUT2D eigenvalue weighted by molar-refractivity contribution is -0.115. The Morgan fingerprint density at radius 3 is 2.35 bits per heavy atom. The number of hydrogen-bond acceptors (Lipinski definition) is 3. The number of anilines is 2. The fourth-order valence-corrected chi connectivity index (χ4v) is 2.54. The van der Waals surface area contributed by atoms with E-state index in [2.05, 4.69) is 31.5 Å². The fourth-order valence-electron chi connectivity index (χ4n) is 2.12. The number of carbonyl (C=O) groups excluding carboxylic acids is 1. The third kappa shape index (κ3) is 6.04. The summed E-state index contributed by atoms with van der Waals surface area (Å²) in [6, 6.07) is 15.5. The van der Waals surface area contributed by atoms with Crippen molar-refractivity contribution in [2.45, 2.75) is 6.42 Å². The number of likely N-dealkylation sites (N-methyl/N-ethyl adjacent to an activating group) is 1. The lowest BCUT2D eigenvalue weighted by Crippen LogP contribution is -2.20. The second-order valence-electron chi connectivity index (χ2n) is 5.62. The largest absolute Gasteiger partial charge is 0.384 e. The summed E-state index contributed by atoms with van der Waals surface area (Å²) in [6.45, 7) is 1.87. The van der Waals surface area contributed by atoms with E-state index >= 15 is 0 Å². The molecule has 0 radical (unpaired) electrons. The molecule has 0 aliphatic rings. The summed E-state index contributed by atoms with van der Waals surface area (Å²) in [7, 11) is 4.09. The van der Waals surface area contributed by atoms with Crippen LogP contribution < -0.4 is 10.6 Å². The average molecular weight is 376 g/mol. The highest BCUT2D eigenvalue weighted by Gasteiger charge is 2.06. The van der Waals surface area contributed by atoms with E-state index in [0.29, 0.717) is 6.42 Å². The van der Waals surface area contributed by atoms with Gasteiger partial charge in [0.25, 0.3) is 0 Å². The van der Waals surface area contributed by atoms with Gasteiger partial charge in [-0.2, -0.15) is 0 Å². The highest BCUT2D eigenvalue weighted by atomic mass is 79.9. The van der Waals surface area contributed by atoms with Crippen LogP contribution in [0.2, 0.25) is 0 Å². The normalized spacial score (nSPS) is 10.6. The Morgan fingerprint density at radius 2 is 1.70 bits per heavy atom. The highest BCUT2D eigenvalue weighted by molar-refractivity contribution is 9.10. The molecule has 0 aromatic heterocycles. The third-order valence-corrected chi connectivity index (χ3v) is 4.14. The number of nitrogens with one attached hydrogen (secondary N) is 2. The summed E-state index contributed by atoms with van der Waals surface area (Å²) >= 11 is 3.46. The summed E-state index contributed by atoms with van der Waals surface area (Å²) < 4.78 is 0.954. The number of carbonyl (C=O) groups is 1. The van der Waals surface area contributed by atoms with Gasteiger partial charge in [-0.15, -0.1) is 0 Å². The van der Waals surface area contributed by atoms with E-state index in [4.69, 9.17) is 0 Å². The quantitative estimate of drug-likeness (QED) is 0.776. The molecule has 2 aromatic rings. The SMILES string of the molecule is CN(C)CCNc1ccc(NC(=O)Cc2ccccc2Br)cc1. The molecule has 0 fully saturated rings. The van der Waals surface area contributed by atoms with Crippen LogP contribution in [0.25, 0.3) is 0 Å². The van der Waals surface area contributed by atoms with Crippen molar-refractivity contribution < 1.29 is 4.79 Å². The lowest BCUT2D eigenvalue weighted by Gasteiger charge is -2.12. The van der Waals surface area contributed by atoms with Crippen molar-refractivity contribution in [1.82, 2.24) is 4.90 Å².